The Kier molecular flexibility index (Phi) is 7.26. The Labute approximate surface area is 161 Å². The number of nitrogens with zero attached hydrogens (tertiary/aromatic N) is 2. The molecule has 0 saturated carbocycles. The lowest BCUT2D eigenvalue weighted by atomic mass is 9.95. The van der Waals surface area contributed by atoms with E-state index in [4.69, 9.17) is 33.7 Å². The van der Waals surface area contributed by atoms with Crippen molar-refractivity contribution in [3.63, 3.8) is 0 Å². The van der Waals surface area contributed by atoms with Gasteiger partial charge in [0, 0.05) is 38.8 Å². The average molecular weight is 386 g/mol. The van der Waals surface area contributed by atoms with Crippen molar-refractivity contribution in [3.05, 3.63) is 28.2 Å². The fourth-order valence-electron chi connectivity index (χ4n) is 3.89. The first kappa shape index (κ1) is 19.2. The van der Waals surface area contributed by atoms with Gasteiger partial charge in [-0.25, -0.2) is 0 Å². The minimum absolute atomic E-state index is 0.278. The molecule has 2 aliphatic heterocycles. The number of ether oxygens (including phenoxy) is 1. The fourth-order valence-corrected chi connectivity index (χ4v) is 4.18. The largest absolute Gasteiger partial charge is 0.490 e. The van der Waals surface area contributed by atoms with E-state index in [0.29, 0.717) is 10.0 Å². The lowest BCUT2D eigenvalue weighted by Crippen LogP contribution is -2.44. The molecule has 3 rings (SSSR count). The van der Waals surface area contributed by atoms with E-state index in [0.717, 1.165) is 50.7 Å². The van der Waals surface area contributed by atoms with Crippen LogP contribution in [-0.2, 0) is 0 Å². The Balaban J connectivity index is 1.38. The van der Waals surface area contributed by atoms with Crippen molar-refractivity contribution >= 4 is 23.2 Å². The molecule has 0 radical (unpaired) electrons. The van der Waals surface area contributed by atoms with Crippen LogP contribution in [0.25, 0.3) is 0 Å². The SMILES string of the molecule is NCCN1CCC(CN2CCC(Oc3ccc(Cl)c(Cl)c3)CC2)CC1. The molecule has 0 bridgehead atoms. The van der Waals surface area contributed by atoms with Crippen LogP contribution in [0.2, 0.25) is 10.0 Å². The van der Waals surface area contributed by atoms with E-state index in [9.17, 15) is 0 Å². The Bertz CT molecular complexity index is 541. The van der Waals surface area contributed by atoms with Crippen LogP contribution in [0, 0.1) is 5.92 Å². The molecule has 4 nitrogen and oxygen atoms in total. The highest BCUT2D eigenvalue weighted by molar-refractivity contribution is 6.42. The average Bonchev–Trinajstić information content (AvgIpc) is 2.62. The molecule has 6 heteroatoms. The van der Waals surface area contributed by atoms with Gasteiger partial charge in [-0.3, -0.25) is 0 Å². The van der Waals surface area contributed by atoms with Crippen LogP contribution in [0.5, 0.6) is 5.75 Å². The first-order valence-electron chi connectivity index (χ1n) is 9.40. The number of nitrogens with two attached hydrogens (primary N) is 1. The lowest BCUT2D eigenvalue weighted by molar-refractivity contribution is 0.0786. The van der Waals surface area contributed by atoms with Gasteiger partial charge in [0.25, 0.3) is 0 Å². The molecular formula is C19H29Cl2N3O. The van der Waals surface area contributed by atoms with Crippen LogP contribution < -0.4 is 10.5 Å². The molecule has 0 aromatic heterocycles. The maximum atomic E-state index is 6.08. The number of hydrogen-bond donors (Lipinski definition) is 1. The second kappa shape index (κ2) is 9.43. The third-order valence-electron chi connectivity index (χ3n) is 5.40. The molecule has 140 valence electrons. The van der Waals surface area contributed by atoms with Gasteiger partial charge in [-0.15, -0.1) is 0 Å². The quantitative estimate of drug-likeness (QED) is 0.813. The predicted octanol–water partition coefficient (Wildman–Crippen LogP) is 3.51. The Morgan fingerprint density at radius 2 is 1.64 bits per heavy atom. The zero-order chi connectivity index (χ0) is 17.6. The zero-order valence-electron chi connectivity index (χ0n) is 14.8. The van der Waals surface area contributed by atoms with E-state index < -0.39 is 0 Å². The molecule has 1 aromatic rings. The highest BCUT2D eigenvalue weighted by Gasteiger charge is 2.25. The van der Waals surface area contributed by atoms with Gasteiger partial charge >= 0.3 is 0 Å². The molecule has 2 fully saturated rings. The molecule has 1 aromatic carbocycles. The highest BCUT2D eigenvalue weighted by Crippen LogP contribution is 2.28. The van der Waals surface area contributed by atoms with Gasteiger partial charge < -0.3 is 20.3 Å². The van der Waals surface area contributed by atoms with Crippen molar-refractivity contribution in [3.8, 4) is 5.75 Å². The molecule has 0 atom stereocenters. The van der Waals surface area contributed by atoms with Crippen LogP contribution in [0.4, 0.5) is 0 Å². The topological polar surface area (TPSA) is 41.7 Å². The first-order valence-corrected chi connectivity index (χ1v) is 10.2. The van der Waals surface area contributed by atoms with Crippen molar-refractivity contribution in [2.24, 2.45) is 11.7 Å². The summed E-state index contributed by atoms with van der Waals surface area (Å²) in [6, 6.07) is 5.51. The number of piperidine rings is 2. The summed E-state index contributed by atoms with van der Waals surface area (Å²) in [5.41, 5.74) is 5.65. The van der Waals surface area contributed by atoms with Crippen molar-refractivity contribution in [1.82, 2.24) is 9.80 Å². The summed E-state index contributed by atoms with van der Waals surface area (Å²) in [6.45, 7) is 7.71. The van der Waals surface area contributed by atoms with Crippen molar-refractivity contribution in [2.75, 3.05) is 45.8 Å². The van der Waals surface area contributed by atoms with Crippen LogP contribution in [0.15, 0.2) is 18.2 Å². The Hall–Kier alpha value is -0.520. The monoisotopic (exact) mass is 385 g/mol. The zero-order valence-corrected chi connectivity index (χ0v) is 16.3. The van der Waals surface area contributed by atoms with Gasteiger partial charge in [-0.05, 0) is 56.8 Å². The summed E-state index contributed by atoms with van der Waals surface area (Å²) < 4.78 is 6.08. The number of benzene rings is 1. The van der Waals surface area contributed by atoms with E-state index in [1.807, 2.05) is 12.1 Å². The predicted molar refractivity (Wildman–Crippen MR) is 105 cm³/mol. The maximum absolute atomic E-state index is 6.08. The third kappa shape index (κ3) is 5.73. The smallest absolute Gasteiger partial charge is 0.121 e. The van der Waals surface area contributed by atoms with Crippen LogP contribution in [0.1, 0.15) is 25.7 Å². The number of likely N-dealkylation sites (tertiary alicyclic amines) is 2. The molecule has 0 spiro atoms. The fraction of sp³-hybridized carbons (Fsp3) is 0.684. The molecule has 0 amide bonds. The van der Waals surface area contributed by atoms with Crippen molar-refractivity contribution < 1.29 is 4.74 Å². The molecule has 2 N–H and O–H groups in total. The van der Waals surface area contributed by atoms with Gasteiger partial charge in [-0.1, -0.05) is 23.2 Å². The minimum Gasteiger partial charge on any atom is -0.490 e. The first-order chi connectivity index (χ1) is 12.1. The summed E-state index contributed by atoms with van der Waals surface area (Å²) in [7, 11) is 0. The normalized spacial score (nSPS) is 21.6. The van der Waals surface area contributed by atoms with E-state index in [-0.39, 0.29) is 6.10 Å². The summed E-state index contributed by atoms with van der Waals surface area (Å²) in [5.74, 6) is 1.65. The molecule has 25 heavy (non-hydrogen) atoms. The number of hydrogen-bond acceptors (Lipinski definition) is 4. The Morgan fingerprint density at radius 1 is 0.960 bits per heavy atom. The highest BCUT2D eigenvalue weighted by atomic mass is 35.5. The molecular weight excluding hydrogens is 357 g/mol. The third-order valence-corrected chi connectivity index (χ3v) is 6.14. The summed E-state index contributed by atoms with van der Waals surface area (Å²) in [5, 5.41) is 1.12. The van der Waals surface area contributed by atoms with Crippen molar-refractivity contribution in [1.29, 1.82) is 0 Å². The lowest BCUT2D eigenvalue weighted by Gasteiger charge is -2.37. The molecule has 0 aliphatic carbocycles. The molecule has 2 aliphatic rings. The van der Waals surface area contributed by atoms with Gasteiger partial charge in [0.2, 0.25) is 0 Å². The van der Waals surface area contributed by atoms with Gasteiger partial charge in [0.05, 0.1) is 10.0 Å². The van der Waals surface area contributed by atoms with Crippen LogP contribution in [0.3, 0.4) is 0 Å². The molecule has 0 unspecified atom stereocenters. The second-order valence-corrected chi connectivity index (χ2v) is 8.08. The minimum atomic E-state index is 0.278. The van der Waals surface area contributed by atoms with Gasteiger partial charge in [0.1, 0.15) is 11.9 Å². The Morgan fingerprint density at radius 3 is 2.28 bits per heavy atom. The molecule has 2 heterocycles. The van der Waals surface area contributed by atoms with Crippen molar-refractivity contribution in [2.45, 2.75) is 31.8 Å². The summed E-state index contributed by atoms with van der Waals surface area (Å²) in [6.07, 6.45) is 5.04. The van der Waals surface area contributed by atoms with Gasteiger partial charge in [-0.2, -0.15) is 0 Å². The number of halogens is 2. The summed E-state index contributed by atoms with van der Waals surface area (Å²) >= 11 is 12.0. The standard InChI is InChI=1S/C19H29Cl2N3O/c20-18-2-1-17(13-19(18)21)25-16-5-10-24(11-6-16)14-15-3-8-23(9-4-15)12-7-22/h1-2,13,15-16H,3-12,14,22H2. The van der Waals surface area contributed by atoms with Gasteiger partial charge in [0.15, 0.2) is 0 Å². The second-order valence-electron chi connectivity index (χ2n) is 7.27. The van der Waals surface area contributed by atoms with E-state index in [1.54, 1.807) is 6.07 Å². The van der Waals surface area contributed by atoms with E-state index >= 15 is 0 Å². The maximum Gasteiger partial charge on any atom is 0.121 e. The van der Waals surface area contributed by atoms with Crippen LogP contribution in [-0.4, -0.2) is 61.7 Å². The summed E-state index contributed by atoms with van der Waals surface area (Å²) in [4.78, 5) is 5.10. The van der Waals surface area contributed by atoms with E-state index in [1.165, 1.54) is 32.5 Å². The molecule has 2 saturated heterocycles. The van der Waals surface area contributed by atoms with E-state index in [2.05, 4.69) is 9.80 Å². The van der Waals surface area contributed by atoms with Crippen LogP contribution >= 0.6 is 23.2 Å². The number of rotatable bonds is 6.